The van der Waals surface area contributed by atoms with Crippen LogP contribution in [0.15, 0.2) is 18.2 Å². The molecule has 1 aliphatic heterocycles. The quantitative estimate of drug-likeness (QED) is 0.845. The minimum absolute atomic E-state index is 0.351. The second-order valence-corrected chi connectivity index (χ2v) is 4.81. The number of benzene rings is 1. The zero-order valence-electron chi connectivity index (χ0n) is 10.9. The van der Waals surface area contributed by atoms with E-state index >= 15 is 0 Å². The van der Waals surface area contributed by atoms with Crippen molar-refractivity contribution in [3.05, 3.63) is 40.5 Å². The van der Waals surface area contributed by atoms with Crippen molar-refractivity contribution in [3.8, 4) is 0 Å². The van der Waals surface area contributed by atoms with E-state index < -0.39 is 0 Å². The van der Waals surface area contributed by atoms with Gasteiger partial charge in [0.05, 0.1) is 13.2 Å². The lowest BCUT2D eigenvalue weighted by atomic mass is 9.99. The molecule has 0 aliphatic carbocycles. The Labute approximate surface area is 104 Å². The Morgan fingerprint density at radius 2 is 1.94 bits per heavy atom. The zero-order valence-corrected chi connectivity index (χ0v) is 10.9. The van der Waals surface area contributed by atoms with Gasteiger partial charge in [-0.05, 0) is 37.5 Å². The van der Waals surface area contributed by atoms with Crippen molar-refractivity contribution in [3.63, 3.8) is 0 Å². The summed E-state index contributed by atoms with van der Waals surface area (Å²) in [6.07, 6.45) is 4.43. The number of ether oxygens (including phenoxy) is 1. The number of morpholine rings is 1. The maximum atomic E-state index is 5.44. The third-order valence-electron chi connectivity index (χ3n) is 3.18. The molecule has 2 rings (SSSR count). The summed E-state index contributed by atoms with van der Waals surface area (Å²) in [5.41, 5.74) is 5.35. The predicted octanol–water partition coefficient (Wildman–Crippen LogP) is 2.61. The van der Waals surface area contributed by atoms with Crippen LogP contribution < -0.4 is 5.32 Å². The van der Waals surface area contributed by atoms with Crippen LogP contribution in [-0.4, -0.2) is 25.8 Å². The highest BCUT2D eigenvalue weighted by atomic mass is 16.5. The minimum atomic E-state index is 0.351. The Bertz CT molecular complexity index is 394. The van der Waals surface area contributed by atoms with E-state index in [-0.39, 0.29) is 0 Å². The minimum Gasteiger partial charge on any atom is -0.378 e. The average Bonchev–Trinajstić information content (AvgIpc) is 2.29. The van der Waals surface area contributed by atoms with Gasteiger partial charge in [-0.2, -0.15) is 0 Å². The second kappa shape index (κ2) is 5.48. The molecule has 1 saturated heterocycles. The molecule has 1 heterocycles. The highest BCUT2D eigenvalue weighted by Crippen LogP contribution is 2.18. The Hall–Kier alpha value is -1.12. The molecule has 92 valence electrons. The van der Waals surface area contributed by atoms with Gasteiger partial charge in [0.1, 0.15) is 0 Å². The average molecular weight is 231 g/mol. The second-order valence-electron chi connectivity index (χ2n) is 4.81. The summed E-state index contributed by atoms with van der Waals surface area (Å²) in [4.78, 5) is 0. The number of nitrogens with one attached hydrogen (secondary N) is 1. The van der Waals surface area contributed by atoms with Gasteiger partial charge in [0.15, 0.2) is 0 Å². The SMILES string of the molecule is Cc1cc(C)c(/C=C/C2COCCN2)c(C)c1. The summed E-state index contributed by atoms with van der Waals surface area (Å²) < 4.78 is 5.44. The number of hydrogen-bond acceptors (Lipinski definition) is 2. The van der Waals surface area contributed by atoms with Crippen molar-refractivity contribution < 1.29 is 4.74 Å². The van der Waals surface area contributed by atoms with Crippen LogP contribution in [0.2, 0.25) is 0 Å². The first-order chi connectivity index (χ1) is 8.16. The molecule has 1 aliphatic rings. The fourth-order valence-electron chi connectivity index (χ4n) is 2.38. The molecule has 1 atom stereocenters. The third-order valence-corrected chi connectivity index (χ3v) is 3.18. The lowest BCUT2D eigenvalue weighted by Crippen LogP contribution is -2.39. The standard InChI is InChI=1S/C15H21NO/c1-11-8-12(2)15(13(3)9-11)5-4-14-10-17-7-6-16-14/h4-5,8-9,14,16H,6-7,10H2,1-3H3/b5-4+. The lowest BCUT2D eigenvalue weighted by Gasteiger charge is -2.21. The summed E-state index contributed by atoms with van der Waals surface area (Å²) >= 11 is 0. The molecule has 0 spiro atoms. The highest BCUT2D eigenvalue weighted by molar-refractivity contribution is 5.59. The van der Waals surface area contributed by atoms with Gasteiger partial charge < -0.3 is 10.1 Å². The molecule has 1 aromatic rings. The van der Waals surface area contributed by atoms with Crippen LogP contribution in [0.4, 0.5) is 0 Å². The Morgan fingerprint density at radius 3 is 2.53 bits per heavy atom. The zero-order chi connectivity index (χ0) is 12.3. The molecule has 0 bridgehead atoms. The molecule has 0 aromatic heterocycles. The van der Waals surface area contributed by atoms with Crippen molar-refractivity contribution in [2.75, 3.05) is 19.8 Å². The molecule has 1 unspecified atom stereocenters. The first kappa shape index (κ1) is 12.3. The van der Waals surface area contributed by atoms with Crippen LogP contribution in [0.1, 0.15) is 22.3 Å². The topological polar surface area (TPSA) is 21.3 Å². The van der Waals surface area contributed by atoms with E-state index in [0.29, 0.717) is 6.04 Å². The van der Waals surface area contributed by atoms with Crippen LogP contribution in [0.25, 0.3) is 6.08 Å². The van der Waals surface area contributed by atoms with Crippen molar-refractivity contribution in [1.82, 2.24) is 5.32 Å². The van der Waals surface area contributed by atoms with E-state index in [4.69, 9.17) is 4.74 Å². The normalized spacial score (nSPS) is 21.0. The monoisotopic (exact) mass is 231 g/mol. The Morgan fingerprint density at radius 1 is 1.24 bits per heavy atom. The van der Waals surface area contributed by atoms with Gasteiger partial charge >= 0.3 is 0 Å². The van der Waals surface area contributed by atoms with E-state index in [9.17, 15) is 0 Å². The molecule has 17 heavy (non-hydrogen) atoms. The molecule has 1 aromatic carbocycles. The van der Waals surface area contributed by atoms with E-state index in [1.165, 1.54) is 22.3 Å². The number of aryl methyl sites for hydroxylation is 3. The fraction of sp³-hybridized carbons (Fsp3) is 0.467. The van der Waals surface area contributed by atoms with Gasteiger partial charge in [0.25, 0.3) is 0 Å². The fourth-order valence-corrected chi connectivity index (χ4v) is 2.38. The first-order valence-electron chi connectivity index (χ1n) is 6.24. The molecular weight excluding hydrogens is 210 g/mol. The molecule has 2 heteroatoms. The van der Waals surface area contributed by atoms with Gasteiger partial charge in [-0.1, -0.05) is 29.8 Å². The summed E-state index contributed by atoms with van der Waals surface area (Å²) in [7, 11) is 0. The van der Waals surface area contributed by atoms with Crippen LogP contribution in [0.5, 0.6) is 0 Å². The summed E-state index contributed by atoms with van der Waals surface area (Å²) in [6.45, 7) is 9.03. The smallest absolute Gasteiger partial charge is 0.0656 e. The Balaban J connectivity index is 2.14. The van der Waals surface area contributed by atoms with Crippen LogP contribution in [-0.2, 0) is 4.74 Å². The van der Waals surface area contributed by atoms with Gasteiger partial charge in [0, 0.05) is 12.6 Å². The van der Waals surface area contributed by atoms with Crippen LogP contribution in [0.3, 0.4) is 0 Å². The van der Waals surface area contributed by atoms with Crippen molar-refractivity contribution >= 4 is 6.08 Å². The summed E-state index contributed by atoms with van der Waals surface area (Å²) in [5, 5.41) is 3.43. The molecule has 2 nitrogen and oxygen atoms in total. The maximum absolute atomic E-state index is 5.44. The number of rotatable bonds is 2. The van der Waals surface area contributed by atoms with Gasteiger partial charge in [-0.25, -0.2) is 0 Å². The largest absolute Gasteiger partial charge is 0.378 e. The van der Waals surface area contributed by atoms with Crippen molar-refractivity contribution in [2.24, 2.45) is 0 Å². The van der Waals surface area contributed by atoms with E-state index in [1.807, 2.05) is 0 Å². The molecule has 0 amide bonds. The molecular formula is C15H21NO. The van der Waals surface area contributed by atoms with Crippen LogP contribution in [0, 0.1) is 20.8 Å². The third kappa shape index (κ3) is 3.18. The summed E-state index contributed by atoms with van der Waals surface area (Å²) in [6, 6.07) is 4.82. The van der Waals surface area contributed by atoms with E-state index in [0.717, 1.165) is 19.8 Å². The number of hydrogen-bond donors (Lipinski definition) is 1. The molecule has 0 radical (unpaired) electrons. The van der Waals surface area contributed by atoms with Gasteiger partial charge in [-0.15, -0.1) is 0 Å². The Kier molecular flexibility index (Phi) is 3.97. The molecule has 1 fully saturated rings. The van der Waals surface area contributed by atoms with Crippen LogP contribution >= 0.6 is 0 Å². The lowest BCUT2D eigenvalue weighted by molar-refractivity contribution is 0.0903. The molecule has 0 saturated carbocycles. The van der Waals surface area contributed by atoms with Gasteiger partial charge in [-0.3, -0.25) is 0 Å². The maximum Gasteiger partial charge on any atom is 0.0656 e. The first-order valence-corrected chi connectivity index (χ1v) is 6.24. The van der Waals surface area contributed by atoms with Crippen molar-refractivity contribution in [1.29, 1.82) is 0 Å². The highest BCUT2D eigenvalue weighted by Gasteiger charge is 2.09. The van der Waals surface area contributed by atoms with E-state index in [1.54, 1.807) is 0 Å². The molecule has 1 N–H and O–H groups in total. The summed E-state index contributed by atoms with van der Waals surface area (Å²) in [5.74, 6) is 0. The van der Waals surface area contributed by atoms with Crippen molar-refractivity contribution in [2.45, 2.75) is 26.8 Å². The van der Waals surface area contributed by atoms with E-state index in [2.05, 4.69) is 50.4 Å². The predicted molar refractivity (Wildman–Crippen MR) is 72.3 cm³/mol. The van der Waals surface area contributed by atoms with Gasteiger partial charge in [0.2, 0.25) is 0 Å².